The Bertz CT molecular complexity index is 555. The number of ketones is 1. The number of fused-ring (bicyclic) bond motifs is 1. The Labute approximate surface area is 142 Å². The molecule has 0 saturated heterocycles. The number of hydrogen-bond acceptors (Lipinski definition) is 3. The third kappa shape index (κ3) is 3.96. The van der Waals surface area contributed by atoms with Gasteiger partial charge in [-0.05, 0) is 31.2 Å². The predicted molar refractivity (Wildman–Crippen MR) is 91.3 cm³/mol. The van der Waals surface area contributed by atoms with Crippen LogP contribution in [0.1, 0.15) is 37.7 Å². The average molecular weight is 335 g/mol. The Hall–Kier alpha value is -1.32. The first-order valence-corrected chi connectivity index (χ1v) is 8.96. The molecule has 0 N–H and O–H groups in total. The van der Waals surface area contributed by atoms with E-state index in [4.69, 9.17) is 21.1 Å². The molecular formula is C19H23ClO3. The predicted octanol–water partition coefficient (Wildman–Crippen LogP) is 4.20. The van der Waals surface area contributed by atoms with Crippen molar-refractivity contribution in [2.75, 3.05) is 12.5 Å². The van der Waals surface area contributed by atoms with E-state index in [2.05, 4.69) is 0 Å². The van der Waals surface area contributed by atoms with Gasteiger partial charge in [0, 0.05) is 18.9 Å². The van der Waals surface area contributed by atoms with Gasteiger partial charge in [0.2, 0.25) is 0 Å². The van der Waals surface area contributed by atoms with Gasteiger partial charge in [0.15, 0.2) is 5.78 Å². The first-order chi connectivity index (χ1) is 11.3. The molecule has 1 aromatic carbocycles. The number of carbonyl (C=O) groups is 1. The fourth-order valence-electron chi connectivity index (χ4n) is 3.38. The summed E-state index contributed by atoms with van der Waals surface area (Å²) in [4.78, 5) is 12.8. The van der Waals surface area contributed by atoms with E-state index in [0.29, 0.717) is 11.5 Å². The molecule has 23 heavy (non-hydrogen) atoms. The highest BCUT2D eigenvalue weighted by atomic mass is 35.5. The second kappa shape index (κ2) is 7.98. The van der Waals surface area contributed by atoms with Crippen molar-refractivity contribution >= 4 is 23.0 Å². The van der Waals surface area contributed by atoms with Crippen LogP contribution in [0.4, 0.5) is 0 Å². The number of alkyl halides is 1. The van der Waals surface area contributed by atoms with E-state index >= 15 is 0 Å². The van der Waals surface area contributed by atoms with E-state index in [1.807, 2.05) is 30.3 Å². The van der Waals surface area contributed by atoms with Gasteiger partial charge in [0.25, 0.3) is 0 Å². The van der Waals surface area contributed by atoms with E-state index in [0.717, 1.165) is 44.3 Å². The van der Waals surface area contributed by atoms with E-state index in [-0.39, 0.29) is 23.9 Å². The van der Waals surface area contributed by atoms with Gasteiger partial charge in [-0.25, -0.2) is 0 Å². The molecule has 4 heteroatoms. The van der Waals surface area contributed by atoms with Crippen LogP contribution >= 0.6 is 11.6 Å². The SMILES string of the molecule is O=C1C(c2ccccc2)=COC2CC(OCCCCCl)CCC12. The minimum Gasteiger partial charge on any atom is -0.496 e. The quantitative estimate of drug-likeness (QED) is 0.577. The molecule has 1 saturated carbocycles. The Morgan fingerprint density at radius 2 is 2.00 bits per heavy atom. The lowest BCUT2D eigenvalue weighted by molar-refractivity contribution is -0.128. The molecule has 0 aromatic heterocycles. The van der Waals surface area contributed by atoms with Crippen molar-refractivity contribution in [2.24, 2.45) is 5.92 Å². The maximum atomic E-state index is 12.8. The van der Waals surface area contributed by atoms with Crippen LogP contribution in [0.25, 0.3) is 5.57 Å². The first kappa shape index (κ1) is 16.5. The zero-order valence-corrected chi connectivity index (χ0v) is 14.0. The monoisotopic (exact) mass is 334 g/mol. The van der Waals surface area contributed by atoms with Crippen molar-refractivity contribution in [2.45, 2.75) is 44.3 Å². The van der Waals surface area contributed by atoms with Crippen LogP contribution < -0.4 is 0 Å². The smallest absolute Gasteiger partial charge is 0.173 e. The summed E-state index contributed by atoms with van der Waals surface area (Å²) in [6.45, 7) is 0.744. The van der Waals surface area contributed by atoms with Crippen LogP contribution in [0.15, 0.2) is 36.6 Å². The molecule has 1 aliphatic heterocycles. The lowest BCUT2D eigenvalue weighted by Gasteiger charge is -2.37. The molecule has 1 aliphatic carbocycles. The standard InChI is InChI=1S/C19H23ClO3/c20-10-4-5-11-22-15-8-9-16-18(12-15)23-13-17(19(16)21)14-6-2-1-3-7-14/h1-3,6-7,13,15-16,18H,4-5,8-12H2. The van der Waals surface area contributed by atoms with Crippen molar-refractivity contribution in [3.8, 4) is 0 Å². The number of rotatable bonds is 6. The van der Waals surface area contributed by atoms with Crippen LogP contribution in [0, 0.1) is 5.92 Å². The summed E-state index contributed by atoms with van der Waals surface area (Å²) in [7, 11) is 0. The molecule has 0 amide bonds. The van der Waals surface area contributed by atoms with Gasteiger partial charge in [-0.3, -0.25) is 4.79 Å². The highest BCUT2D eigenvalue weighted by molar-refractivity contribution is 6.22. The average Bonchev–Trinajstić information content (AvgIpc) is 2.60. The number of carbonyl (C=O) groups excluding carboxylic acids is 1. The molecule has 3 atom stereocenters. The summed E-state index contributed by atoms with van der Waals surface area (Å²) in [6, 6.07) is 9.76. The molecular weight excluding hydrogens is 312 g/mol. The highest BCUT2D eigenvalue weighted by Crippen LogP contribution is 2.37. The van der Waals surface area contributed by atoms with Crippen LogP contribution in [-0.2, 0) is 14.3 Å². The molecule has 3 unspecified atom stereocenters. The number of allylic oxidation sites excluding steroid dienone is 1. The van der Waals surface area contributed by atoms with Gasteiger partial charge in [0.05, 0.1) is 23.9 Å². The Balaban J connectivity index is 1.60. The molecule has 0 radical (unpaired) electrons. The number of hydrogen-bond donors (Lipinski definition) is 0. The van der Waals surface area contributed by atoms with E-state index < -0.39 is 0 Å². The van der Waals surface area contributed by atoms with Gasteiger partial charge in [0.1, 0.15) is 6.10 Å². The second-order valence-electron chi connectivity index (χ2n) is 6.24. The van der Waals surface area contributed by atoms with Gasteiger partial charge in [-0.2, -0.15) is 0 Å². The summed E-state index contributed by atoms with van der Waals surface area (Å²) < 4.78 is 11.8. The van der Waals surface area contributed by atoms with Crippen molar-refractivity contribution < 1.29 is 14.3 Å². The zero-order valence-electron chi connectivity index (χ0n) is 13.2. The van der Waals surface area contributed by atoms with Crippen LogP contribution in [-0.4, -0.2) is 30.5 Å². The highest BCUT2D eigenvalue weighted by Gasteiger charge is 2.40. The van der Waals surface area contributed by atoms with Gasteiger partial charge in [-0.15, -0.1) is 11.6 Å². The summed E-state index contributed by atoms with van der Waals surface area (Å²) in [5.41, 5.74) is 1.64. The number of halogens is 1. The minimum atomic E-state index is -0.0401. The molecule has 2 aliphatic rings. The van der Waals surface area contributed by atoms with Crippen molar-refractivity contribution in [3.63, 3.8) is 0 Å². The van der Waals surface area contributed by atoms with Crippen LogP contribution in [0.2, 0.25) is 0 Å². The van der Waals surface area contributed by atoms with Crippen LogP contribution in [0.3, 0.4) is 0 Å². The molecule has 1 heterocycles. The lowest BCUT2D eigenvalue weighted by Crippen LogP contribution is -2.41. The number of ether oxygens (including phenoxy) is 2. The maximum Gasteiger partial charge on any atom is 0.173 e. The molecule has 1 aromatic rings. The topological polar surface area (TPSA) is 35.5 Å². The zero-order chi connectivity index (χ0) is 16.1. The molecule has 0 bridgehead atoms. The van der Waals surface area contributed by atoms with E-state index in [1.54, 1.807) is 6.26 Å². The Morgan fingerprint density at radius 1 is 1.17 bits per heavy atom. The van der Waals surface area contributed by atoms with Crippen LogP contribution in [0.5, 0.6) is 0 Å². The Morgan fingerprint density at radius 3 is 2.78 bits per heavy atom. The van der Waals surface area contributed by atoms with Crippen molar-refractivity contribution in [1.29, 1.82) is 0 Å². The fourth-order valence-corrected chi connectivity index (χ4v) is 3.57. The molecule has 0 spiro atoms. The Kier molecular flexibility index (Phi) is 5.74. The summed E-state index contributed by atoms with van der Waals surface area (Å²) in [5.74, 6) is 0.870. The maximum absolute atomic E-state index is 12.8. The second-order valence-corrected chi connectivity index (χ2v) is 6.62. The molecule has 124 valence electrons. The third-order valence-corrected chi connectivity index (χ3v) is 4.94. The van der Waals surface area contributed by atoms with Crippen molar-refractivity contribution in [1.82, 2.24) is 0 Å². The first-order valence-electron chi connectivity index (χ1n) is 8.42. The summed E-state index contributed by atoms with van der Waals surface area (Å²) in [5, 5.41) is 0. The molecule has 3 nitrogen and oxygen atoms in total. The van der Waals surface area contributed by atoms with Gasteiger partial charge < -0.3 is 9.47 Å². The third-order valence-electron chi connectivity index (χ3n) is 4.67. The minimum absolute atomic E-state index is 0.0297. The fraction of sp³-hybridized carbons (Fsp3) is 0.526. The summed E-state index contributed by atoms with van der Waals surface area (Å²) >= 11 is 5.67. The van der Waals surface area contributed by atoms with E-state index in [9.17, 15) is 4.79 Å². The molecule has 3 rings (SSSR count). The lowest BCUT2D eigenvalue weighted by atomic mass is 9.78. The summed E-state index contributed by atoms with van der Waals surface area (Å²) in [6.07, 6.45) is 6.36. The van der Waals surface area contributed by atoms with Gasteiger partial charge in [-0.1, -0.05) is 30.3 Å². The number of benzene rings is 1. The number of Topliss-reactive ketones (excluding diaryl/α,β-unsaturated/α-hetero) is 1. The molecule has 1 fully saturated rings. The van der Waals surface area contributed by atoms with Gasteiger partial charge >= 0.3 is 0 Å². The largest absolute Gasteiger partial charge is 0.496 e. The van der Waals surface area contributed by atoms with Crippen molar-refractivity contribution in [3.05, 3.63) is 42.2 Å². The van der Waals surface area contributed by atoms with E-state index in [1.165, 1.54) is 0 Å². The normalized spacial score (nSPS) is 27.1. The number of unbranched alkanes of at least 4 members (excludes halogenated alkanes) is 1.